The molecule has 1 N–H and O–H groups in total. The van der Waals surface area contributed by atoms with E-state index >= 15 is 0 Å². The summed E-state index contributed by atoms with van der Waals surface area (Å²) in [6.45, 7) is 3.09. The molecule has 4 nitrogen and oxygen atoms in total. The van der Waals surface area contributed by atoms with Crippen molar-refractivity contribution in [1.82, 2.24) is 5.32 Å². The van der Waals surface area contributed by atoms with Crippen molar-refractivity contribution in [2.45, 2.75) is 19.8 Å². The highest BCUT2D eigenvalue weighted by Crippen LogP contribution is 2.26. The molecule has 1 unspecified atom stereocenters. The summed E-state index contributed by atoms with van der Waals surface area (Å²) in [5, 5.41) is 3.03. The first kappa shape index (κ1) is 16.4. The molecule has 3 rings (SSSR count). The molecule has 0 spiro atoms. The van der Waals surface area contributed by atoms with Crippen LogP contribution >= 0.6 is 0 Å². The van der Waals surface area contributed by atoms with Crippen LogP contribution < -0.4 is 14.8 Å². The van der Waals surface area contributed by atoms with E-state index in [1.807, 2.05) is 36.4 Å². The smallest absolute Gasteiger partial charge is 0.226 e. The Balaban J connectivity index is 1.54. The van der Waals surface area contributed by atoms with Crippen LogP contribution in [-0.2, 0) is 17.6 Å². The fourth-order valence-corrected chi connectivity index (χ4v) is 3.06. The quantitative estimate of drug-likeness (QED) is 0.919. The third kappa shape index (κ3) is 3.70. The van der Waals surface area contributed by atoms with Crippen LogP contribution in [0.15, 0.2) is 42.5 Å². The molecule has 0 fully saturated rings. The van der Waals surface area contributed by atoms with Crippen LogP contribution in [0.4, 0.5) is 0 Å². The van der Waals surface area contributed by atoms with E-state index in [0.717, 1.165) is 35.5 Å². The monoisotopic (exact) mass is 325 g/mol. The maximum atomic E-state index is 12.4. The second-order valence-corrected chi connectivity index (χ2v) is 6.18. The first-order valence-electron chi connectivity index (χ1n) is 8.29. The molecule has 1 heterocycles. The molecule has 0 saturated carbocycles. The van der Waals surface area contributed by atoms with E-state index in [4.69, 9.17) is 9.47 Å². The largest absolute Gasteiger partial charge is 0.496 e. The fourth-order valence-electron chi connectivity index (χ4n) is 3.06. The average Bonchev–Trinajstić information content (AvgIpc) is 2.61. The van der Waals surface area contributed by atoms with Crippen LogP contribution in [0, 0.1) is 12.8 Å². The van der Waals surface area contributed by atoms with E-state index in [1.165, 1.54) is 5.56 Å². The number of amides is 1. The van der Waals surface area contributed by atoms with Gasteiger partial charge in [0, 0.05) is 6.54 Å². The lowest BCUT2D eigenvalue weighted by Crippen LogP contribution is -2.38. The lowest BCUT2D eigenvalue weighted by molar-refractivity contribution is -0.126. The third-order valence-electron chi connectivity index (χ3n) is 4.38. The number of nitrogens with one attached hydrogen (secondary N) is 1. The van der Waals surface area contributed by atoms with Crippen molar-refractivity contribution in [3.05, 3.63) is 59.2 Å². The molecule has 2 aromatic carbocycles. The number of carbonyl (C=O) groups excluding carboxylic acids is 1. The lowest BCUT2D eigenvalue weighted by Gasteiger charge is -2.24. The molecule has 1 amide bonds. The van der Waals surface area contributed by atoms with Crippen LogP contribution in [0.1, 0.15) is 16.7 Å². The van der Waals surface area contributed by atoms with Gasteiger partial charge in [-0.25, -0.2) is 0 Å². The Morgan fingerprint density at radius 2 is 2.12 bits per heavy atom. The van der Waals surface area contributed by atoms with E-state index in [1.54, 1.807) is 7.11 Å². The zero-order valence-electron chi connectivity index (χ0n) is 14.2. The maximum Gasteiger partial charge on any atom is 0.226 e. The minimum absolute atomic E-state index is 0.0520. The van der Waals surface area contributed by atoms with Gasteiger partial charge in [0.2, 0.25) is 5.91 Å². The summed E-state index contributed by atoms with van der Waals surface area (Å²) < 4.78 is 11.1. The molecule has 0 aliphatic carbocycles. The Hall–Kier alpha value is -2.49. The summed E-state index contributed by atoms with van der Waals surface area (Å²) in [6.07, 6.45) is 1.48. The van der Waals surface area contributed by atoms with Gasteiger partial charge in [-0.15, -0.1) is 0 Å². The van der Waals surface area contributed by atoms with Gasteiger partial charge >= 0.3 is 0 Å². The highest BCUT2D eigenvalue weighted by Gasteiger charge is 2.25. The van der Waals surface area contributed by atoms with Crippen molar-refractivity contribution in [1.29, 1.82) is 0 Å². The SMILES string of the molecule is COc1ccc(C)cc1CCNC(=O)C1COc2ccccc2C1. The number of aryl methyl sites for hydroxylation is 1. The van der Waals surface area contributed by atoms with E-state index < -0.39 is 0 Å². The zero-order valence-corrected chi connectivity index (χ0v) is 14.2. The van der Waals surface area contributed by atoms with Crippen molar-refractivity contribution in [2.75, 3.05) is 20.3 Å². The molecule has 1 aliphatic heterocycles. The van der Waals surface area contributed by atoms with Gasteiger partial charge in [0.1, 0.15) is 18.1 Å². The molecule has 2 aromatic rings. The van der Waals surface area contributed by atoms with Crippen LogP contribution in [-0.4, -0.2) is 26.2 Å². The average molecular weight is 325 g/mol. The third-order valence-corrected chi connectivity index (χ3v) is 4.38. The Kier molecular flexibility index (Phi) is 5.04. The summed E-state index contributed by atoms with van der Waals surface area (Å²) in [4.78, 5) is 12.4. The van der Waals surface area contributed by atoms with Gasteiger partial charge < -0.3 is 14.8 Å². The van der Waals surface area contributed by atoms with Crippen LogP contribution in [0.3, 0.4) is 0 Å². The Morgan fingerprint density at radius 1 is 1.29 bits per heavy atom. The Bertz CT molecular complexity index is 727. The molecular weight excluding hydrogens is 302 g/mol. The molecular formula is C20H23NO3. The number of carbonyl (C=O) groups is 1. The standard InChI is InChI=1S/C20H23NO3/c1-14-7-8-18(23-2)16(11-14)9-10-21-20(22)17-12-15-5-3-4-6-19(15)24-13-17/h3-8,11,17H,9-10,12-13H2,1-2H3,(H,21,22). The predicted molar refractivity (Wildman–Crippen MR) is 93.6 cm³/mol. The number of hydrogen-bond donors (Lipinski definition) is 1. The Labute approximate surface area is 142 Å². The van der Waals surface area contributed by atoms with Crippen molar-refractivity contribution >= 4 is 5.91 Å². The number of hydrogen-bond acceptors (Lipinski definition) is 3. The molecule has 1 atom stereocenters. The highest BCUT2D eigenvalue weighted by molar-refractivity contribution is 5.79. The second-order valence-electron chi connectivity index (χ2n) is 6.18. The maximum absolute atomic E-state index is 12.4. The van der Waals surface area contributed by atoms with Crippen molar-refractivity contribution in [3.8, 4) is 11.5 Å². The summed E-state index contributed by atoms with van der Waals surface area (Å²) in [7, 11) is 1.67. The minimum atomic E-state index is -0.126. The number of para-hydroxylation sites is 1. The Morgan fingerprint density at radius 3 is 2.96 bits per heavy atom. The zero-order chi connectivity index (χ0) is 16.9. The van der Waals surface area contributed by atoms with E-state index in [9.17, 15) is 4.79 Å². The number of ether oxygens (including phenoxy) is 2. The molecule has 0 aromatic heterocycles. The number of rotatable bonds is 5. The van der Waals surface area contributed by atoms with Gasteiger partial charge in [-0.1, -0.05) is 35.9 Å². The predicted octanol–water partition coefficient (Wildman–Crippen LogP) is 2.91. The fraction of sp³-hybridized carbons (Fsp3) is 0.350. The number of fused-ring (bicyclic) bond motifs is 1. The number of methoxy groups -OCH3 is 1. The lowest BCUT2D eigenvalue weighted by atomic mass is 9.96. The van der Waals surface area contributed by atoms with Crippen molar-refractivity contribution < 1.29 is 14.3 Å². The van der Waals surface area contributed by atoms with Gasteiger partial charge in [-0.2, -0.15) is 0 Å². The molecule has 126 valence electrons. The van der Waals surface area contributed by atoms with Gasteiger partial charge in [-0.05, 0) is 43.0 Å². The van der Waals surface area contributed by atoms with Gasteiger partial charge in [0.15, 0.2) is 0 Å². The topological polar surface area (TPSA) is 47.6 Å². The summed E-state index contributed by atoms with van der Waals surface area (Å²) >= 11 is 0. The minimum Gasteiger partial charge on any atom is -0.496 e. The first-order valence-corrected chi connectivity index (χ1v) is 8.29. The van der Waals surface area contributed by atoms with Gasteiger partial charge in [0.05, 0.1) is 13.0 Å². The van der Waals surface area contributed by atoms with Crippen LogP contribution in [0.25, 0.3) is 0 Å². The summed E-state index contributed by atoms with van der Waals surface area (Å²) in [5.74, 6) is 1.69. The molecule has 24 heavy (non-hydrogen) atoms. The second kappa shape index (κ2) is 7.39. The molecule has 4 heteroatoms. The van der Waals surface area contributed by atoms with Crippen molar-refractivity contribution in [3.63, 3.8) is 0 Å². The van der Waals surface area contributed by atoms with Gasteiger partial charge in [-0.3, -0.25) is 4.79 Å². The van der Waals surface area contributed by atoms with E-state index in [2.05, 4.69) is 18.3 Å². The normalized spacial score (nSPS) is 16.0. The van der Waals surface area contributed by atoms with Gasteiger partial charge in [0.25, 0.3) is 0 Å². The highest BCUT2D eigenvalue weighted by atomic mass is 16.5. The summed E-state index contributed by atoms with van der Waals surface area (Å²) in [5.41, 5.74) is 3.40. The molecule has 1 aliphatic rings. The first-order chi connectivity index (χ1) is 11.7. The van der Waals surface area contributed by atoms with Crippen molar-refractivity contribution in [2.24, 2.45) is 5.92 Å². The van der Waals surface area contributed by atoms with Crippen LogP contribution in [0.5, 0.6) is 11.5 Å². The molecule has 0 radical (unpaired) electrons. The summed E-state index contributed by atoms with van der Waals surface area (Å²) in [6, 6.07) is 14.0. The number of benzene rings is 2. The molecule has 0 bridgehead atoms. The molecule has 0 saturated heterocycles. The van der Waals surface area contributed by atoms with Crippen LogP contribution in [0.2, 0.25) is 0 Å². The van der Waals surface area contributed by atoms with E-state index in [0.29, 0.717) is 13.2 Å². The van der Waals surface area contributed by atoms with E-state index in [-0.39, 0.29) is 11.8 Å².